The SMILES string of the molecule is Cc1cc(Nc2ccc(F)cc2)nc(NCCCN(C)C)n1. The minimum Gasteiger partial charge on any atom is -0.354 e. The van der Waals surface area contributed by atoms with Crippen molar-refractivity contribution in [3.63, 3.8) is 0 Å². The summed E-state index contributed by atoms with van der Waals surface area (Å²) in [6, 6.07) is 8.04. The number of hydrogen-bond donors (Lipinski definition) is 2. The van der Waals surface area contributed by atoms with Gasteiger partial charge in [-0.2, -0.15) is 4.98 Å². The lowest BCUT2D eigenvalue weighted by atomic mass is 10.3. The van der Waals surface area contributed by atoms with Gasteiger partial charge in [0.25, 0.3) is 0 Å². The molecule has 0 amide bonds. The van der Waals surface area contributed by atoms with Crippen LogP contribution in [0.2, 0.25) is 0 Å². The fourth-order valence-electron chi connectivity index (χ4n) is 1.99. The van der Waals surface area contributed by atoms with E-state index in [-0.39, 0.29) is 5.82 Å². The summed E-state index contributed by atoms with van der Waals surface area (Å²) in [5.41, 5.74) is 1.66. The van der Waals surface area contributed by atoms with Crippen LogP contribution in [-0.4, -0.2) is 42.1 Å². The summed E-state index contributed by atoms with van der Waals surface area (Å²) < 4.78 is 12.9. The van der Waals surface area contributed by atoms with Crippen molar-refractivity contribution in [2.75, 3.05) is 37.8 Å². The fourth-order valence-corrected chi connectivity index (χ4v) is 1.99. The van der Waals surface area contributed by atoms with Crippen LogP contribution < -0.4 is 10.6 Å². The van der Waals surface area contributed by atoms with Crippen molar-refractivity contribution >= 4 is 17.5 Å². The molecule has 0 radical (unpaired) electrons. The number of anilines is 3. The maximum Gasteiger partial charge on any atom is 0.224 e. The van der Waals surface area contributed by atoms with Gasteiger partial charge in [0.1, 0.15) is 11.6 Å². The molecule has 0 fully saturated rings. The monoisotopic (exact) mass is 303 g/mol. The molecule has 1 heterocycles. The number of aryl methyl sites for hydroxylation is 1. The second-order valence-electron chi connectivity index (χ2n) is 5.43. The summed E-state index contributed by atoms with van der Waals surface area (Å²) in [5, 5.41) is 6.38. The van der Waals surface area contributed by atoms with E-state index in [2.05, 4.69) is 25.5 Å². The van der Waals surface area contributed by atoms with Crippen LogP contribution in [0.15, 0.2) is 30.3 Å². The molecule has 0 aliphatic heterocycles. The normalized spacial score (nSPS) is 10.8. The fraction of sp³-hybridized carbons (Fsp3) is 0.375. The van der Waals surface area contributed by atoms with Crippen molar-refractivity contribution in [2.24, 2.45) is 0 Å². The lowest BCUT2D eigenvalue weighted by Gasteiger charge is -2.11. The molecule has 0 saturated carbocycles. The molecule has 0 unspecified atom stereocenters. The Bertz CT molecular complexity index is 598. The first-order valence-corrected chi connectivity index (χ1v) is 7.30. The lowest BCUT2D eigenvalue weighted by Crippen LogP contribution is -2.17. The predicted molar refractivity (Wildman–Crippen MR) is 88.1 cm³/mol. The number of rotatable bonds is 7. The third-order valence-electron chi connectivity index (χ3n) is 3.04. The first-order chi connectivity index (χ1) is 10.5. The van der Waals surface area contributed by atoms with Gasteiger partial charge in [0.15, 0.2) is 0 Å². The van der Waals surface area contributed by atoms with Gasteiger partial charge in [-0.25, -0.2) is 9.37 Å². The number of halogens is 1. The molecule has 5 nitrogen and oxygen atoms in total. The van der Waals surface area contributed by atoms with Gasteiger partial charge < -0.3 is 15.5 Å². The number of benzene rings is 1. The van der Waals surface area contributed by atoms with Gasteiger partial charge in [0.2, 0.25) is 5.95 Å². The molecule has 1 aromatic heterocycles. The maximum atomic E-state index is 12.9. The summed E-state index contributed by atoms with van der Waals surface area (Å²) in [4.78, 5) is 10.9. The summed E-state index contributed by atoms with van der Waals surface area (Å²) in [7, 11) is 4.10. The molecule has 118 valence electrons. The second kappa shape index (κ2) is 7.70. The van der Waals surface area contributed by atoms with Crippen LogP contribution >= 0.6 is 0 Å². The minimum atomic E-state index is -0.257. The van der Waals surface area contributed by atoms with Gasteiger partial charge in [-0.05, 0) is 58.3 Å². The zero-order valence-corrected chi connectivity index (χ0v) is 13.2. The van der Waals surface area contributed by atoms with Crippen LogP contribution in [0.5, 0.6) is 0 Å². The molecule has 0 bridgehead atoms. The van der Waals surface area contributed by atoms with Crippen LogP contribution in [0.4, 0.5) is 21.8 Å². The average Bonchev–Trinajstić information content (AvgIpc) is 2.45. The molecule has 0 aliphatic carbocycles. The Balaban J connectivity index is 1.98. The largest absolute Gasteiger partial charge is 0.354 e. The molecule has 2 rings (SSSR count). The van der Waals surface area contributed by atoms with Crippen LogP contribution in [0.1, 0.15) is 12.1 Å². The molecule has 22 heavy (non-hydrogen) atoms. The van der Waals surface area contributed by atoms with E-state index >= 15 is 0 Å². The van der Waals surface area contributed by atoms with Crippen LogP contribution in [0.3, 0.4) is 0 Å². The Morgan fingerprint density at radius 2 is 1.86 bits per heavy atom. The van der Waals surface area contributed by atoms with Gasteiger partial charge in [-0.3, -0.25) is 0 Å². The van der Waals surface area contributed by atoms with E-state index in [4.69, 9.17) is 0 Å². The highest BCUT2D eigenvalue weighted by molar-refractivity contribution is 5.57. The molecule has 2 aromatic rings. The second-order valence-corrected chi connectivity index (χ2v) is 5.43. The van der Waals surface area contributed by atoms with Gasteiger partial charge in [-0.15, -0.1) is 0 Å². The molecular formula is C16H22FN5. The van der Waals surface area contributed by atoms with E-state index in [1.54, 1.807) is 12.1 Å². The summed E-state index contributed by atoms with van der Waals surface area (Å²) in [6.45, 7) is 3.75. The van der Waals surface area contributed by atoms with Gasteiger partial charge in [0, 0.05) is 24.0 Å². The van der Waals surface area contributed by atoms with Crippen LogP contribution in [0, 0.1) is 12.7 Å². The maximum absolute atomic E-state index is 12.9. The Hall–Kier alpha value is -2.21. The van der Waals surface area contributed by atoms with Crippen LogP contribution in [-0.2, 0) is 0 Å². The highest BCUT2D eigenvalue weighted by Gasteiger charge is 2.03. The molecule has 1 aromatic carbocycles. The van der Waals surface area contributed by atoms with Crippen molar-refractivity contribution in [3.8, 4) is 0 Å². The standard InChI is InChI=1S/C16H22FN5/c1-12-11-15(20-14-7-5-13(17)6-8-14)21-16(19-12)18-9-4-10-22(2)3/h5-8,11H,4,9-10H2,1-3H3,(H2,18,19,20,21). The molecule has 2 N–H and O–H groups in total. The van der Waals surface area contributed by atoms with E-state index in [9.17, 15) is 4.39 Å². The Labute approximate surface area is 130 Å². The summed E-state index contributed by atoms with van der Waals surface area (Å²) in [5.74, 6) is 1.03. The van der Waals surface area contributed by atoms with Gasteiger partial charge in [0.05, 0.1) is 0 Å². The smallest absolute Gasteiger partial charge is 0.224 e. The van der Waals surface area contributed by atoms with Crippen molar-refractivity contribution in [1.29, 1.82) is 0 Å². The first kappa shape index (κ1) is 16.2. The highest BCUT2D eigenvalue weighted by Crippen LogP contribution is 2.17. The first-order valence-electron chi connectivity index (χ1n) is 7.30. The number of aromatic nitrogens is 2. The van der Waals surface area contributed by atoms with E-state index in [1.165, 1.54) is 12.1 Å². The van der Waals surface area contributed by atoms with Crippen molar-refractivity contribution in [1.82, 2.24) is 14.9 Å². The average molecular weight is 303 g/mol. The minimum absolute atomic E-state index is 0.257. The summed E-state index contributed by atoms with van der Waals surface area (Å²) in [6.07, 6.45) is 1.02. The molecule has 0 saturated heterocycles. The number of hydrogen-bond acceptors (Lipinski definition) is 5. The quantitative estimate of drug-likeness (QED) is 0.770. The highest BCUT2D eigenvalue weighted by atomic mass is 19.1. The van der Waals surface area contributed by atoms with Crippen molar-refractivity contribution in [3.05, 3.63) is 41.8 Å². The number of nitrogens with one attached hydrogen (secondary N) is 2. The zero-order chi connectivity index (χ0) is 15.9. The third-order valence-corrected chi connectivity index (χ3v) is 3.04. The van der Waals surface area contributed by atoms with E-state index < -0.39 is 0 Å². The van der Waals surface area contributed by atoms with Gasteiger partial charge in [-0.1, -0.05) is 0 Å². The van der Waals surface area contributed by atoms with Crippen molar-refractivity contribution in [2.45, 2.75) is 13.3 Å². The van der Waals surface area contributed by atoms with Crippen molar-refractivity contribution < 1.29 is 4.39 Å². The molecule has 0 aliphatic rings. The topological polar surface area (TPSA) is 53.1 Å². The van der Waals surface area contributed by atoms with E-state index in [1.807, 2.05) is 27.1 Å². The van der Waals surface area contributed by atoms with Gasteiger partial charge >= 0.3 is 0 Å². The predicted octanol–water partition coefficient (Wildman–Crippen LogP) is 3.03. The molecule has 0 spiro atoms. The van der Waals surface area contributed by atoms with E-state index in [0.29, 0.717) is 11.8 Å². The molecule has 0 atom stereocenters. The summed E-state index contributed by atoms with van der Waals surface area (Å²) >= 11 is 0. The Kier molecular flexibility index (Phi) is 5.66. The zero-order valence-electron chi connectivity index (χ0n) is 13.2. The number of nitrogens with zero attached hydrogens (tertiary/aromatic N) is 3. The molecular weight excluding hydrogens is 281 g/mol. The van der Waals surface area contributed by atoms with E-state index in [0.717, 1.165) is 30.9 Å². The molecule has 6 heteroatoms. The van der Waals surface area contributed by atoms with Crippen LogP contribution in [0.25, 0.3) is 0 Å². The Morgan fingerprint density at radius 1 is 1.14 bits per heavy atom. The lowest BCUT2D eigenvalue weighted by molar-refractivity contribution is 0.405. The third kappa shape index (κ3) is 5.29. The Morgan fingerprint density at radius 3 is 2.55 bits per heavy atom.